The minimum atomic E-state index is 0.108. The smallest absolute Gasteiger partial charge is 0.172 e. The lowest BCUT2D eigenvalue weighted by atomic mass is 10.1. The zero-order valence-corrected chi connectivity index (χ0v) is 13.7. The maximum absolute atomic E-state index is 9.74. The third-order valence-corrected chi connectivity index (χ3v) is 4.74. The Balaban J connectivity index is 2.70. The fourth-order valence-electron chi connectivity index (χ4n) is 1.73. The second-order valence-electron chi connectivity index (χ2n) is 4.25. The Hall–Kier alpha value is -0.430. The number of hydrogen-bond acceptors (Lipinski definition) is 5. The molecule has 6 heteroatoms. The number of hydrogen-bond donors (Lipinski definition) is 3. The SMILES string of the molecule is COc1cc(CNC(C)C(CO)SC)cc(Br)c1O. The van der Waals surface area contributed by atoms with E-state index in [4.69, 9.17) is 4.74 Å². The molecule has 2 atom stereocenters. The fraction of sp³-hybridized carbons (Fsp3) is 0.538. The van der Waals surface area contributed by atoms with Crippen LogP contribution in [-0.4, -0.2) is 41.5 Å². The summed E-state index contributed by atoms with van der Waals surface area (Å²) < 4.78 is 5.72. The molecule has 0 fully saturated rings. The number of phenolic OH excluding ortho intramolecular Hbond substituents is 1. The van der Waals surface area contributed by atoms with Crippen LogP contribution in [0.2, 0.25) is 0 Å². The van der Waals surface area contributed by atoms with E-state index in [1.54, 1.807) is 17.8 Å². The molecule has 0 heterocycles. The molecular weight excluding hydrogens is 330 g/mol. The van der Waals surface area contributed by atoms with Gasteiger partial charge in [0.1, 0.15) is 0 Å². The molecule has 0 aliphatic rings. The first-order valence-corrected chi connectivity index (χ1v) is 8.04. The van der Waals surface area contributed by atoms with Gasteiger partial charge in [-0.05, 0) is 46.8 Å². The Labute approximate surface area is 126 Å². The Morgan fingerprint density at radius 3 is 2.68 bits per heavy atom. The first-order chi connectivity index (χ1) is 9.03. The monoisotopic (exact) mass is 349 g/mol. The third kappa shape index (κ3) is 4.56. The molecule has 1 rings (SSSR count). The molecule has 0 radical (unpaired) electrons. The summed E-state index contributed by atoms with van der Waals surface area (Å²) in [6, 6.07) is 3.84. The first kappa shape index (κ1) is 16.6. The normalized spacial score (nSPS) is 14.2. The molecular formula is C13H20BrNO3S. The summed E-state index contributed by atoms with van der Waals surface area (Å²) in [5.74, 6) is 0.555. The number of halogens is 1. The predicted molar refractivity (Wildman–Crippen MR) is 83.0 cm³/mol. The van der Waals surface area contributed by atoms with Gasteiger partial charge in [0.2, 0.25) is 0 Å². The number of ether oxygens (including phenoxy) is 1. The number of benzene rings is 1. The number of phenols is 1. The number of aliphatic hydroxyl groups is 1. The van der Waals surface area contributed by atoms with E-state index in [0.29, 0.717) is 16.8 Å². The minimum Gasteiger partial charge on any atom is -0.503 e. The van der Waals surface area contributed by atoms with Crippen LogP contribution in [0.25, 0.3) is 0 Å². The Bertz CT molecular complexity index is 413. The van der Waals surface area contributed by atoms with E-state index in [2.05, 4.69) is 21.2 Å². The number of rotatable bonds is 7. The largest absolute Gasteiger partial charge is 0.503 e. The van der Waals surface area contributed by atoms with Crippen molar-refractivity contribution in [2.24, 2.45) is 0 Å². The van der Waals surface area contributed by atoms with Crippen LogP contribution in [0.5, 0.6) is 11.5 Å². The maximum atomic E-state index is 9.74. The predicted octanol–water partition coefficient (Wildman–Crippen LogP) is 2.37. The summed E-state index contributed by atoms with van der Waals surface area (Å²) in [6.45, 7) is 2.84. The second-order valence-corrected chi connectivity index (χ2v) is 6.19. The van der Waals surface area contributed by atoms with Crippen molar-refractivity contribution in [3.8, 4) is 11.5 Å². The summed E-state index contributed by atoms with van der Waals surface area (Å²) in [4.78, 5) is 0. The van der Waals surface area contributed by atoms with Crippen LogP contribution in [0.1, 0.15) is 12.5 Å². The molecule has 4 nitrogen and oxygen atoms in total. The highest BCUT2D eigenvalue weighted by atomic mass is 79.9. The van der Waals surface area contributed by atoms with Crippen molar-refractivity contribution in [3.63, 3.8) is 0 Å². The molecule has 0 aromatic heterocycles. The quantitative estimate of drug-likeness (QED) is 0.705. The van der Waals surface area contributed by atoms with E-state index in [0.717, 1.165) is 5.56 Å². The summed E-state index contributed by atoms with van der Waals surface area (Å²) in [6.07, 6.45) is 1.99. The Morgan fingerprint density at radius 1 is 1.47 bits per heavy atom. The van der Waals surface area contributed by atoms with Crippen LogP contribution in [0.4, 0.5) is 0 Å². The van der Waals surface area contributed by atoms with E-state index in [1.807, 2.05) is 19.2 Å². The number of nitrogens with one attached hydrogen (secondary N) is 1. The molecule has 0 bridgehead atoms. The molecule has 1 aromatic rings. The third-order valence-electron chi connectivity index (χ3n) is 2.98. The van der Waals surface area contributed by atoms with Gasteiger partial charge in [-0.15, -0.1) is 0 Å². The zero-order valence-electron chi connectivity index (χ0n) is 11.3. The fourth-order valence-corrected chi connectivity index (χ4v) is 2.87. The van der Waals surface area contributed by atoms with Crippen LogP contribution < -0.4 is 10.1 Å². The molecule has 0 aliphatic heterocycles. The van der Waals surface area contributed by atoms with Crippen molar-refractivity contribution in [1.82, 2.24) is 5.32 Å². The number of aliphatic hydroxyl groups excluding tert-OH is 1. The number of thioether (sulfide) groups is 1. The van der Waals surface area contributed by atoms with Gasteiger partial charge in [-0.25, -0.2) is 0 Å². The summed E-state index contributed by atoms with van der Waals surface area (Å²) in [7, 11) is 1.52. The Kier molecular flexibility index (Phi) is 6.99. The second kappa shape index (κ2) is 7.99. The lowest BCUT2D eigenvalue weighted by Gasteiger charge is -2.21. The van der Waals surface area contributed by atoms with E-state index in [-0.39, 0.29) is 23.6 Å². The molecule has 19 heavy (non-hydrogen) atoms. The van der Waals surface area contributed by atoms with Crippen LogP contribution in [-0.2, 0) is 6.54 Å². The first-order valence-electron chi connectivity index (χ1n) is 5.95. The highest BCUT2D eigenvalue weighted by Gasteiger charge is 2.15. The summed E-state index contributed by atoms with van der Waals surface area (Å²) in [5.41, 5.74) is 1.01. The molecule has 2 unspecified atom stereocenters. The molecule has 108 valence electrons. The molecule has 0 aliphatic carbocycles. The highest BCUT2D eigenvalue weighted by Crippen LogP contribution is 2.35. The van der Waals surface area contributed by atoms with Gasteiger partial charge in [-0.2, -0.15) is 11.8 Å². The van der Waals surface area contributed by atoms with Crippen molar-refractivity contribution in [1.29, 1.82) is 0 Å². The summed E-state index contributed by atoms with van der Waals surface area (Å²) >= 11 is 4.94. The van der Waals surface area contributed by atoms with E-state index >= 15 is 0 Å². The molecule has 3 N–H and O–H groups in total. The zero-order chi connectivity index (χ0) is 14.4. The molecule has 1 aromatic carbocycles. The van der Waals surface area contributed by atoms with Gasteiger partial charge in [0.25, 0.3) is 0 Å². The van der Waals surface area contributed by atoms with Gasteiger partial charge < -0.3 is 20.3 Å². The molecule has 0 saturated carbocycles. The van der Waals surface area contributed by atoms with Crippen molar-refractivity contribution in [2.45, 2.75) is 24.8 Å². The average molecular weight is 350 g/mol. The van der Waals surface area contributed by atoms with Gasteiger partial charge in [0.05, 0.1) is 18.2 Å². The number of aromatic hydroxyl groups is 1. The van der Waals surface area contributed by atoms with Crippen molar-refractivity contribution in [3.05, 3.63) is 22.2 Å². The molecule has 0 amide bonds. The van der Waals surface area contributed by atoms with Crippen LogP contribution in [0.15, 0.2) is 16.6 Å². The van der Waals surface area contributed by atoms with E-state index in [9.17, 15) is 10.2 Å². The van der Waals surface area contributed by atoms with E-state index < -0.39 is 0 Å². The molecule has 0 spiro atoms. The Morgan fingerprint density at radius 2 is 2.16 bits per heavy atom. The van der Waals surface area contributed by atoms with Crippen LogP contribution in [0.3, 0.4) is 0 Å². The lowest BCUT2D eigenvalue weighted by molar-refractivity contribution is 0.276. The van der Waals surface area contributed by atoms with Gasteiger partial charge >= 0.3 is 0 Å². The average Bonchev–Trinajstić information content (AvgIpc) is 2.41. The van der Waals surface area contributed by atoms with Crippen molar-refractivity contribution < 1.29 is 14.9 Å². The topological polar surface area (TPSA) is 61.7 Å². The van der Waals surface area contributed by atoms with Gasteiger partial charge in [-0.1, -0.05) is 0 Å². The number of methoxy groups -OCH3 is 1. The van der Waals surface area contributed by atoms with Crippen LogP contribution >= 0.6 is 27.7 Å². The highest BCUT2D eigenvalue weighted by molar-refractivity contribution is 9.10. The van der Waals surface area contributed by atoms with Crippen molar-refractivity contribution in [2.75, 3.05) is 20.0 Å². The maximum Gasteiger partial charge on any atom is 0.172 e. The molecule has 0 saturated heterocycles. The van der Waals surface area contributed by atoms with Crippen molar-refractivity contribution >= 4 is 27.7 Å². The van der Waals surface area contributed by atoms with Gasteiger partial charge in [-0.3, -0.25) is 0 Å². The minimum absolute atomic E-state index is 0.108. The van der Waals surface area contributed by atoms with Gasteiger partial charge in [0, 0.05) is 17.8 Å². The standard InChI is InChI=1S/C13H20BrNO3S/c1-8(12(7-16)19-3)15-6-9-4-10(14)13(17)11(5-9)18-2/h4-5,8,12,15-17H,6-7H2,1-3H3. The van der Waals surface area contributed by atoms with Gasteiger partial charge in [0.15, 0.2) is 11.5 Å². The summed E-state index contributed by atoms with van der Waals surface area (Å²) in [5, 5.41) is 22.5. The van der Waals surface area contributed by atoms with E-state index in [1.165, 1.54) is 7.11 Å². The van der Waals surface area contributed by atoms with Crippen LogP contribution in [0, 0.1) is 0 Å². The lowest BCUT2D eigenvalue weighted by Crippen LogP contribution is -2.37.